The van der Waals surface area contributed by atoms with E-state index in [1.54, 1.807) is 32.6 Å². The molecule has 0 saturated heterocycles. The van der Waals surface area contributed by atoms with E-state index in [0.717, 1.165) is 11.0 Å². The molecule has 0 unspecified atom stereocenters. The van der Waals surface area contributed by atoms with Gasteiger partial charge >= 0.3 is 0 Å². The van der Waals surface area contributed by atoms with Gasteiger partial charge in [0.25, 0.3) is 0 Å². The van der Waals surface area contributed by atoms with E-state index in [0.29, 0.717) is 28.2 Å². The van der Waals surface area contributed by atoms with Crippen LogP contribution >= 0.6 is 18.7 Å². The largest absolute Gasteiger partial charge is 0.495 e. The molecular formula is C19H20ClN4O2P. The van der Waals surface area contributed by atoms with Crippen molar-refractivity contribution in [3.05, 3.63) is 59.8 Å². The third kappa shape index (κ3) is 4.79. The van der Waals surface area contributed by atoms with Crippen molar-refractivity contribution >= 4 is 47.2 Å². The van der Waals surface area contributed by atoms with Gasteiger partial charge in [-0.1, -0.05) is 29.8 Å². The van der Waals surface area contributed by atoms with Crippen molar-refractivity contribution in [2.75, 3.05) is 31.1 Å². The number of aromatic nitrogens is 2. The van der Waals surface area contributed by atoms with Crippen LogP contribution in [0.15, 0.2) is 54.7 Å². The lowest BCUT2D eigenvalue weighted by Gasteiger charge is -2.14. The lowest BCUT2D eigenvalue weighted by atomic mass is 10.3. The molecule has 2 N–H and O–H groups in total. The molecule has 6 nitrogen and oxygen atoms in total. The summed E-state index contributed by atoms with van der Waals surface area (Å²) in [5.41, 5.74) is 1.54. The van der Waals surface area contributed by atoms with Crippen LogP contribution in [0, 0.1) is 0 Å². The first-order chi connectivity index (χ1) is 12.9. The number of ether oxygens (including phenoxy) is 1. The van der Waals surface area contributed by atoms with Gasteiger partial charge in [-0.15, -0.1) is 0 Å². The molecule has 1 aromatic heterocycles. The third-order valence-electron chi connectivity index (χ3n) is 3.83. The Kier molecular flexibility index (Phi) is 5.68. The van der Waals surface area contributed by atoms with E-state index in [2.05, 4.69) is 20.6 Å². The maximum atomic E-state index is 12.3. The fourth-order valence-electron chi connectivity index (χ4n) is 2.41. The SMILES string of the molecule is COc1cc(P(C)(C)=O)ccc1Nc1ncc(Cl)c(Nc2ccccc2)n1. The second kappa shape index (κ2) is 7.99. The molecule has 2 aromatic carbocycles. The van der Waals surface area contributed by atoms with E-state index in [9.17, 15) is 4.57 Å². The lowest BCUT2D eigenvalue weighted by Crippen LogP contribution is -2.07. The molecule has 0 aliphatic heterocycles. The number of hydrogen-bond donors (Lipinski definition) is 2. The van der Waals surface area contributed by atoms with Crippen molar-refractivity contribution in [2.45, 2.75) is 0 Å². The summed E-state index contributed by atoms with van der Waals surface area (Å²) in [5, 5.41) is 7.44. The Morgan fingerprint density at radius 2 is 1.81 bits per heavy atom. The maximum Gasteiger partial charge on any atom is 0.229 e. The quantitative estimate of drug-likeness (QED) is 0.573. The Labute approximate surface area is 163 Å². The van der Waals surface area contributed by atoms with Crippen molar-refractivity contribution in [3.8, 4) is 5.75 Å². The molecule has 0 aliphatic carbocycles. The molecule has 27 heavy (non-hydrogen) atoms. The van der Waals surface area contributed by atoms with Crippen LogP contribution in [0.25, 0.3) is 0 Å². The number of anilines is 4. The molecule has 0 fully saturated rings. The molecule has 0 amide bonds. The molecular weight excluding hydrogens is 383 g/mol. The molecule has 3 aromatic rings. The fraction of sp³-hybridized carbons (Fsp3) is 0.158. The van der Waals surface area contributed by atoms with Gasteiger partial charge in [0.1, 0.15) is 17.9 Å². The van der Waals surface area contributed by atoms with Crippen molar-refractivity contribution in [1.82, 2.24) is 9.97 Å². The van der Waals surface area contributed by atoms with Crippen LogP contribution in [0.2, 0.25) is 5.02 Å². The predicted octanol–water partition coefficient (Wildman–Crippen LogP) is 4.87. The summed E-state index contributed by atoms with van der Waals surface area (Å²) in [7, 11) is -0.819. The molecule has 0 bridgehead atoms. The number of nitrogens with one attached hydrogen (secondary N) is 2. The number of hydrogen-bond acceptors (Lipinski definition) is 6. The van der Waals surface area contributed by atoms with Crippen molar-refractivity contribution < 1.29 is 9.30 Å². The Morgan fingerprint density at radius 1 is 1.07 bits per heavy atom. The van der Waals surface area contributed by atoms with E-state index in [1.165, 1.54) is 6.20 Å². The van der Waals surface area contributed by atoms with Gasteiger partial charge in [0.2, 0.25) is 5.95 Å². The van der Waals surface area contributed by atoms with Gasteiger partial charge in [-0.2, -0.15) is 4.98 Å². The summed E-state index contributed by atoms with van der Waals surface area (Å²) in [4.78, 5) is 8.65. The second-order valence-electron chi connectivity index (χ2n) is 6.24. The van der Waals surface area contributed by atoms with Crippen LogP contribution in [-0.4, -0.2) is 30.4 Å². The molecule has 8 heteroatoms. The van der Waals surface area contributed by atoms with E-state index in [4.69, 9.17) is 16.3 Å². The van der Waals surface area contributed by atoms with Gasteiger partial charge in [0.05, 0.1) is 19.0 Å². The first-order valence-electron chi connectivity index (χ1n) is 8.22. The molecule has 140 valence electrons. The molecule has 1 heterocycles. The first kappa shape index (κ1) is 19.2. The minimum absolute atomic E-state index is 0.361. The van der Waals surface area contributed by atoms with Gasteiger partial charge in [0, 0.05) is 11.0 Å². The van der Waals surface area contributed by atoms with Gasteiger partial charge < -0.3 is 19.9 Å². The molecule has 0 saturated carbocycles. The number of nitrogens with zero attached hydrogens (tertiary/aromatic N) is 2. The van der Waals surface area contributed by atoms with E-state index in [1.807, 2.05) is 36.4 Å². The van der Waals surface area contributed by atoms with E-state index in [-0.39, 0.29) is 0 Å². The number of benzene rings is 2. The molecule has 0 radical (unpaired) electrons. The van der Waals surface area contributed by atoms with Crippen LogP contribution in [-0.2, 0) is 4.57 Å². The van der Waals surface area contributed by atoms with Crippen molar-refractivity contribution in [3.63, 3.8) is 0 Å². The van der Waals surface area contributed by atoms with Crippen LogP contribution in [0.1, 0.15) is 0 Å². The summed E-state index contributed by atoms with van der Waals surface area (Å²) >= 11 is 6.21. The summed E-state index contributed by atoms with van der Waals surface area (Å²) in [6, 6.07) is 15.0. The first-order valence-corrected chi connectivity index (χ1v) is 11.2. The third-order valence-corrected chi connectivity index (χ3v) is 5.63. The highest BCUT2D eigenvalue weighted by molar-refractivity contribution is 7.70. The number of para-hydroxylation sites is 1. The lowest BCUT2D eigenvalue weighted by molar-refractivity contribution is 0.417. The van der Waals surface area contributed by atoms with E-state index < -0.39 is 7.14 Å². The van der Waals surface area contributed by atoms with Gasteiger partial charge in [-0.25, -0.2) is 4.98 Å². The van der Waals surface area contributed by atoms with Crippen LogP contribution in [0.4, 0.5) is 23.1 Å². The highest BCUT2D eigenvalue weighted by Crippen LogP contribution is 2.38. The molecule has 3 rings (SSSR count). The summed E-state index contributed by atoms with van der Waals surface area (Å²) in [6.07, 6.45) is 1.52. The summed E-state index contributed by atoms with van der Waals surface area (Å²) in [5.74, 6) is 1.41. The molecule has 0 spiro atoms. The highest BCUT2D eigenvalue weighted by Gasteiger charge is 2.15. The number of methoxy groups -OCH3 is 1. The van der Waals surface area contributed by atoms with Gasteiger partial charge in [0.15, 0.2) is 5.82 Å². The minimum atomic E-state index is -2.38. The average molecular weight is 403 g/mol. The Balaban J connectivity index is 1.88. The summed E-state index contributed by atoms with van der Waals surface area (Å²) in [6.45, 7) is 3.44. The number of halogens is 1. The normalized spacial score (nSPS) is 11.1. The van der Waals surface area contributed by atoms with Crippen molar-refractivity contribution in [1.29, 1.82) is 0 Å². The monoisotopic (exact) mass is 402 g/mol. The number of rotatable bonds is 6. The topological polar surface area (TPSA) is 76.1 Å². The Morgan fingerprint density at radius 3 is 2.48 bits per heavy atom. The molecule has 0 aliphatic rings. The van der Waals surface area contributed by atoms with E-state index >= 15 is 0 Å². The highest BCUT2D eigenvalue weighted by atomic mass is 35.5. The van der Waals surface area contributed by atoms with Gasteiger partial charge in [-0.3, -0.25) is 0 Å². The van der Waals surface area contributed by atoms with Crippen LogP contribution < -0.4 is 20.7 Å². The zero-order valence-corrected chi connectivity index (χ0v) is 16.9. The second-order valence-corrected chi connectivity index (χ2v) is 9.87. The summed E-state index contributed by atoms with van der Waals surface area (Å²) < 4.78 is 17.7. The minimum Gasteiger partial charge on any atom is -0.495 e. The van der Waals surface area contributed by atoms with Gasteiger partial charge in [-0.05, 0) is 43.7 Å². The molecule has 0 atom stereocenters. The van der Waals surface area contributed by atoms with Crippen molar-refractivity contribution in [2.24, 2.45) is 0 Å². The maximum absolute atomic E-state index is 12.3. The predicted molar refractivity (Wildman–Crippen MR) is 112 cm³/mol. The smallest absolute Gasteiger partial charge is 0.229 e. The zero-order chi connectivity index (χ0) is 19.4. The average Bonchev–Trinajstić information content (AvgIpc) is 2.64. The fourth-order valence-corrected chi connectivity index (χ4v) is 3.41. The van der Waals surface area contributed by atoms with Crippen LogP contribution in [0.5, 0.6) is 5.75 Å². The Hall–Kier alpha value is -2.56. The van der Waals surface area contributed by atoms with Crippen LogP contribution in [0.3, 0.4) is 0 Å². The Bertz CT molecular complexity index is 992. The zero-order valence-electron chi connectivity index (χ0n) is 15.2. The standard InChI is InChI=1S/C19H20ClN4O2P/c1-26-17-11-14(27(2,3)25)9-10-16(17)23-19-21-12-15(20)18(24-19)22-13-7-5-4-6-8-13/h4-12H,1-3H3,(H2,21,22,23,24).